The predicted octanol–water partition coefficient (Wildman–Crippen LogP) is 2.54. The summed E-state index contributed by atoms with van der Waals surface area (Å²) in [6.45, 7) is 2.38. The van der Waals surface area contributed by atoms with Gasteiger partial charge in [0.1, 0.15) is 12.2 Å². The average molecular weight is 368 g/mol. The van der Waals surface area contributed by atoms with Gasteiger partial charge in [-0.15, -0.1) is 0 Å². The highest BCUT2D eigenvalue weighted by Crippen LogP contribution is 2.31. The SMILES string of the molecule is Cc1ccc(C(=O)OC2COC3C(OC(=O)c4ccccc4)COC23)cc1. The molecule has 4 rings (SSSR count). The third kappa shape index (κ3) is 3.72. The molecule has 0 spiro atoms. The standard InChI is InChI=1S/C21H20O6/c1-13-7-9-15(10-8-13)21(23)27-17-12-25-18-16(11-24-19(17)18)26-20(22)14-5-3-2-4-6-14/h2-10,16-19H,11-12H2,1H3. The number of hydrogen-bond donors (Lipinski definition) is 0. The van der Waals surface area contributed by atoms with Gasteiger partial charge in [-0.25, -0.2) is 9.59 Å². The monoisotopic (exact) mass is 368 g/mol. The highest BCUT2D eigenvalue weighted by Gasteiger charge is 2.51. The number of aryl methyl sites for hydroxylation is 1. The second-order valence-electron chi connectivity index (χ2n) is 6.72. The summed E-state index contributed by atoms with van der Waals surface area (Å²) in [6.07, 6.45) is -1.92. The third-order valence-electron chi connectivity index (χ3n) is 4.78. The molecule has 2 aromatic carbocycles. The van der Waals surface area contributed by atoms with Crippen LogP contribution < -0.4 is 0 Å². The van der Waals surface area contributed by atoms with E-state index in [4.69, 9.17) is 18.9 Å². The molecule has 0 amide bonds. The maximum Gasteiger partial charge on any atom is 0.338 e. The van der Waals surface area contributed by atoms with Crippen molar-refractivity contribution in [3.63, 3.8) is 0 Å². The first kappa shape index (κ1) is 17.7. The molecule has 0 aromatic heterocycles. The molecule has 2 aliphatic heterocycles. The number of carbonyl (C=O) groups is 2. The van der Waals surface area contributed by atoms with Crippen LogP contribution in [0.1, 0.15) is 26.3 Å². The Balaban J connectivity index is 1.36. The first-order valence-corrected chi connectivity index (χ1v) is 8.89. The minimum atomic E-state index is -0.524. The summed E-state index contributed by atoms with van der Waals surface area (Å²) in [6, 6.07) is 15.9. The van der Waals surface area contributed by atoms with Crippen LogP contribution >= 0.6 is 0 Å². The Bertz CT molecular complexity index is 816. The molecular weight excluding hydrogens is 348 g/mol. The molecule has 4 atom stereocenters. The topological polar surface area (TPSA) is 71.1 Å². The summed E-state index contributed by atoms with van der Waals surface area (Å²) in [5.74, 6) is -0.842. The Labute approximate surface area is 157 Å². The van der Waals surface area contributed by atoms with Crippen molar-refractivity contribution >= 4 is 11.9 Å². The maximum atomic E-state index is 12.3. The van der Waals surface area contributed by atoms with Crippen LogP contribution in [-0.4, -0.2) is 49.6 Å². The number of ether oxygens (including phenoxy) is 4. The predicted molar refractivity (Wildman–Crippen MR) is 95.5 cm³/mol. The van der Waals surface area contributed by atoms with E-state index < -0.39 is 36.4 Å². The Morgan fingerprint density at radius 3 is 1.78 bits per heavy atom. The molecular formula is C21H20O6. The molecule has 2 saturated heterocycles. The summed E-state index contributed by atoms with van der Waals surface area (Å²) in [7, 11) is 0. The van der Waals surface area contributed by atoms with Crippen molar-refractivity contribution in [2.45, 2.75) is 31.3 Å². The van der Waals surface area contributed by atoms with E-state index >= 15 is 0 Å². The zero-order valence-electron chi connectivity index (χ0n) is 14.9. The van der Waals surface area contributed by atoms with Gasteiger partial charge in [-0.05, 0) is 31.2 Å². The van der Waals surface area contributed by atoms with Crippen LogP contribution in [0.25, 0.3) is 0 Å². The smallest absolute Gasteiger partial charge is 0.338 e. The van der Waals surface area contributed by atoms with Gasteiger partial charge in [-0.3, -0.25) is 0 Å². The summed E-state index contributed by atoms with van der Waals surface area (Å²) < 4.78 is 22.5. The van der Waals surface area contributed by atoms with Gasteiger partial charge in [0.25, 0.3) is 0 Å². The molecule has 0 N–H and O–H groups in total. The molecule has 2 fully saturated rings. The van der Waals surface area contributed by atoms with Crippen molar-refractivity contribution in [3.05, 3.63) is 71.3 Å². The normalized spacial score (nSPS) is 26.4. The van der Waals surface area contributed by atoms with Crippen LogP contribution in [0.15, 0.2) is 54.6 Å². The molecule has 6 heteroatoms. The first-order valence-electron chi connectivity index (χ1n) is 8.89. The zero-order chi connectivity index (χ0) is 18.8. The molecule has 0 radical (unpaired) electrons. The molecule has 0 aliphatic carbocycles. The van der Waals surface area contributed by atoms with Gasteiger partial charge in [0.05, 0.1) is 24.3 Å². The molecule has 2 heterocycles. The lowest BCUT2D eigenvalue weighted by atomic mass is 10.1. The van der Waals surface area contributed by atoms with E-state index in [2.05, 4.69) is 0 Å². The summed E-state index contributed by atoms with van der Waals surface area (Å²) in [5.41, 5.74) is 2.02. The van der Waals surface area contributed by atoms with Crippen LogP contribution in [0.5, 0.6) is 0 Å². The van der Waals surface area contributed by atoms with Gasteiger partial charge < -0.3 is 18.9 Å². The zero-order valence-corrected chi connectivity index (χ0v) is 14.9. The van der Waals surface area contributed by atoms with Crippen molar-refractivity contribution in [2.75, 3.05) is 13.2 Å². The van der Waals surface area contributed by atoms with Gasteiger partial charge in [0.15, 0.2) is 12.2 Å². The lowest BCUT2D eigenvalue weighted by Crippen LogP contribution is -2.36. The second kappa shape index (κ2) is 7.50. The van der Waals surface area contributed by atoms with Gasteiger partial charge in [0.2, 0.25) is 0 Å². The average Bonchev–Trinajstić information content (AvgIpc) is 3.26. The summed E-state index contributed by atoms with van der Waals surface area (Å²) in [4.78, 5) is 24.6. The van der Waals surface area contributed by atoms with E-state index in [-0.39, 0.29) is 13.2 Å². The van der Waals surface area contributed by atoms with Gasteiger partial charge in [0, 0.05) is 0 Å². The maximum absolute atomic E-state index is 12.3. The Morgan fingerprint density at radius 1 is 0.778 bits per heavy atom. The third-order valence-corrected chi connectivity index (χ3v) is 4.78. The quantitative estimate of drug-likeness (QED) is 0.773. The molecule has 6 nitrogen and oxygen atoms in total. The van der Waals surface area contributed by atoms with Gasteiger partial charge in [-0.1, -0.05) is 35.9 Å². The lowest BCUT2D eigenvalue weighted by Gasteiger charge is -2.17. The molecule has 0 saturated carbocycles. The molecule has 2 aliphatic rings. The molecule has 4 unspecified atom stereocenters. The second-order valence-corrected chi connectivity index (χ2v) is 6.72. The number of hydrogen-bond acceptors (Lipinski definition) is 6. The van der Waals surface area contributed by atoms with Crippen LogP contribution in [0.4, 0.5) is 0 Å². The minimum absolute atomic E-state index is 0.215. The van der Waals surface area contributed by atoms with E-state index in [9.17, 15) is 9.59 Å². The van der Waals surface area contributed by atoms with Crippen LogP contribution in [0, 0.1) is 6.92 Å². The number of rotatable bonds is 4. The van der Waals surface area contributed by atoms with E-state index in [0.717, 1.165) is 5.56 Å². The van der Waals surface area contributed by atoms with E-state index in [0.29, 0.717) is 11.1 Å². The lowest BCUT2D eigenvalue weighted by molar-refractivity contribution is -0.0287. The molecule has 140 valence electrons. The number of carbonyl (C=O) groups excluding carboxylic acids is 2. The van der Waals surface area contributed by atoms with Gasteiger partial charge >= 0.3 is 11.9 Å². The van der Waals surface area contributed by atoms with Crippen LogP contribution in [0.2, 0.25) is 0 Å². The molecule has 0 bridgehead atoms. The van der Waals surface area contributed by atoms with Crippen molar-refractivity contribution in [3.8, 4) is 0 Å². The number of benzene rings is 2. The molecule has 2 aromatic rings. The highest BCUT2D eigenvalue weighted by atomic mass is 16.7. The van der Waals surface area contributed by atoms with Crippen LogP contribution in [-0.2, 0) is 18.9 Å². The summed E-state index contributed by atoms with van der Waals surface area (Å²) >= 11 is 0. The fourth-order valence-electron chi connectivity index (χ4n) is 3.31. The van der Waals surface area contributed by atoms with Gasteiger partial charge in [-0.2, -0.15) is 0 Å². The first-order chi connectivity index (χ1) is 13.1. The highest BCUT2D eigenvalue weighted by molar-refractivity contribution is 5.90. The fraction of sp³-hybridized carbons (Fsp3) is 0.333. The van der Waals surface area contributed by atoms with E-state index in [1.54, 1.807) is 36.4 Å². The Hall–Kier alpha value is -2.70. The molecule has 27 heavy (non-hydrogen) atoms. The minimum Gasteiger partial charge on any atom is -0.453 e. The van der Waals surface area contributed by atoms with Crippen molar-refractivity contribution in [2.24, 2.45) is 0 Å². The Morgan fingerprint density at radius 2 is 1.26 bits per heavy atom. The van der Waals surface area contributed by atoms with Crippen LogP contribution in [0.3, 0.4) is 0 Å². The number of esters is 2. The number of fused-ring (bicyclic) bond motifs is 1. The van der Waals surface area contributed by atoms with Crippen molar-refractivity contribution in [1.29, 1.82) is 0 Å². The van der Waals surface area contributed by atoms with Crippen molar-refractivity contribution < 1.29 is 28.5 Å². The fourth-order valence-corrected chi connectivity index (χ4v) is 3.31. The Kier molecular flexibility index (Phi) is 4.92. The van der Waals surface area contributed by atoms with Crippen molar-refractivity contribution in [1.82, 2.24) is 0 Å². The summed E-state index contributed by atoms with van der Waals surface area (Å²) in [5, 5.41) is 0. The van der Waals surface area contributed by atoms with E-state index in [1.807, 2.05) is 25.1 Å². The largest absolute Gasteiger partial charge is 0.453 e. The van der Waals surface area contributed by atoms with E-state index in [1.165, 1.54) is 0 Å².